The molecule has 1 N–H and O–H groups in total. The van der Waals surface area contributed by atoms with Crippen molar-refractivity contribution < 1.29 is 19.4 Å². The number of ether oxygens (including phenoxy) is 1. The van der Waals surface area contributed by atoms with Crippen LogP contribution in [0.5, 0.6) is 0 Å². The van der Waals surface area contributed by atoms with Gasteiger partial charge in [0.25, 0.3) is 17.3 Å². The zero-order valence-electron chi connectivity index (χ0n) is 15.1. The first kappa shape index (κ1) is 19.2. The van der Waals surface area contributed by atoms with Crippen LogP contribution in [-0.4, -0.2) is 42.1 Å². The molecule has 0 bridgehead atoms. The first-order chi connectivity index (χ1) is 13.4. The van der Waals surface area contributed by atoms with Crippen molar-refractivity contribution in [2.45, 2.75) is 6.92 Å². The van der Waals surface area contributed by atoms with E-state index in [9.17, 15) is 25.0 Å². The van der Waals surface area contributed by atoms with Crippen molar-refractivity contribution in [1.82, 2.24) is 0 Å². The summed E-state index contributed by atoms with van der Waals surface area (Å²) < 4.78 is 5.26. The third-order valence-corrected chi connectivity index (χ3v) is 4.38. The van der Waals surface area contributed by atoms with E-state index in [1.54, 1.807) is 13.0 Å². The minimum atomic E-state index is -0.663. The molecule has 0 aliphatic carbocycles. The van der Waals surface area contributed by atoms with Gasteiger partial charge in [0.1, 0.15) is 11.4 Å². The molecule has 1 aliphatic heterocycles. The van der Waals surface area contributed by atoms with E-state index in [0.29, 0.717) is 37.6 Å². The average molecular weight is 386 g/mol. The minimum absolute atomic E-state index is 0.0282. The van der Waals surface area contributed by atoms with Gasteiger partial charge in [-0.15, -0.1) is 0 Å². The van der Waals surface area contributed by atoms with Crippen molar-refractivity contribution in [2.75, 3.05) is 36.5 Å². The molecule has 2 aromatic carbocycles. The van der Waals surface area contributed by atoms with E-state index in [4.69, 9.17) is 4.74 Å². The molecule has 10 heteroatoms. The number of hydrogen-bond acceptors (Lipinski definition) is 7. The van der Waals surface area contributed by atoms with Crippen LogP contribution in [0.3, 0.4) is 0 Å². The number of rotatable bonds is 5. The average Bonchev–Trinajstić information content (AvgIpc) is 2.69. The van der Waals surface area contributed by atoms with Gasteiger partial charge in [-0.1, -0.05) is 6.07 Å². The lowest BCUT2D eigenvalue weighted by Gasteiger charge is -2.28. The Morgan fingerprint density at radius 1 is 1.04 bits per heavy atom. The number of nitro groups is 2. The fourth-order valence-corrected chi connectivity index (χ4v) is 2.98. The monoisotopic (exact) mass is 386 g/mol. The highest BCUT2D eigenvalue weighted by molar-refractivity contribution is 6.06. The molecule has 0 saturated carbocycles. The SMILES string of the molecule is Cc1ccc(NC(=O)c2ccc(N3CCOCC3)c([N+](=O)[O-])c2)c([N+](=O)[O-])c1. The predicted molar refractivity (Wildman–Crippen MR) is 102 cm³/mol. The second kappa shape index (κ2) is 8.01. The summed E-state index contributed by atoms with van der Waals surface area (Å²) in [5, 5.41) is 25.2. The van der Waals surface area contributed by atoms with Gasteiger partial charge in [0, 0.05) is 30.8 Å². The van der Waals surface area contributed by atoms with E-state index in [2.05, 4.69) is 5.32 Å². The molecular weight excluding hydrogens is 368 g/mol. The summed E-state index contributed by atoms with van der Waals surface area (Å²) in [6.07, 6.45) is 0. The van der Waals surface area contributed by atoms with Crippen LogP contribution in [0.15, 0.2) is 36.4 Å². The third kappa shape index (κ3) is 4.07. The van der Waals surface area contributed by atoms with Crippen LogP contribution in [0, 0.1) is 27.2 Å². The summed E-state index contributed by atoms with van der Waals surface area (Å²) in [5.74, 6) is -0.663. The molecule has 1 amide bonds. The summed E-state index contributed by atoms with van der Waals surface area (Å²) in [4.78, 5) is 35.9. The van der Waals surface area contributed by atoms with Crippen LogP contribution in [0.2, 0.25) is 0 Å². The molecule has 0 radical (unpaired) electrons. The highest BCUT2D eigenvalue weighted by atomic mass is 16.6. The number of morpholine rings is 1. The summed E-state index contributed by atoms with van der Waals surface area (Å²) >= 11 is 0. The fraction of sp³-hybridized carbons (Fsp3) is 0.278. The van der Waals surface area contributed by atoms with E-state index < -0.39 is 15.8 Å². The molecule has 2 aromatic rings. The Kier molecular flexibility index (Phi) is 5.50. The number of anilines is 2. The van der Waals surface area contributed by atoms with Gasteiger partial charge < -0.3 is 15.0 Å². The standard InChI is InChI=1S/C18H18N4O6/c1-12-2-4-14(16(10-12)21(24)25)19-18(23)13-3-5-15(17(11-13)22(26)27)20-6-8-28-9-7-20/h2-5,10-11H,6-9H2,1H3,(H,19,23). The van der Waals surface area contributed by atoms with E-state index in [0.717, 1.165) is 0 Å². The maximum Gasteiger partial charge on any atom is 0.293 e. The van der Waals surface area contributed by atoms with Crippen LogP contribution >= 0.6 is 0 Å². The topological polar surface area (TPSA) is 128 Å². The first-order valence-corrected chi connectivity index (χ1v) is 8.54. The summed E-state index contributed by atoms with van der Waals surface area (Å²) in [6.45, 7) is 3.67. The molecule has 146 valence electrons. The van der Waals surface area contributed by atoms with Crippen molar-refractivity contribution in [2.24, 2.45) is 0 Å². The Morgan fingerprint density at radius 2 is 1.71 bits per heavy atom. The second-order valence-electron chi connectivity index (χ2n) is 6.29. The van der Waals surface area contributed by atoms with Gasteiger partial charge in [-0.2, -0.15) is 0 Å². The number of nitrogens with one attached hydrogen (secondary N) is 1. The Morgan fingerprint density at radius 3 is 2.36 bits per heavy atom. The van der Waals surface area contributed by atoms with Crippen LogP contribution < -0.4 is 10.2 Å². The summed E-state index contributed by atoms with van der Waals surface area (Å²) in [6, 6.07) is 8.57. The lowest BCUT2D eigenvalue weighted by Crippen LogP contribution is -2.36. The zero-order valence-corrected chi connectivity index (χ0v) is 15.1. The van der Waals surface area contributed by atoms with Crippen molar-refractivity contribution >= 4 is 28.7 Å². The lowest BCUT2D eigenvalue weighted by molar-refractivity contribution is -0.384. The quantitative estimate of drug-likeness (QED) is 0.618. The molecule has 10 nitrogen and oxygen atoms in total. The van der Waals surface area contributed by atoms with Crippen LogP contribution in [0.25, 0.3) is 0 Å². The van der Waals surface area contributed by atoms with E-state index in [1.165, 1.54) is 30.3 Å². The van der Waals surface area contributed by atoms with E-state index in [1.807, 2.05) is 4.90 Å². The van der Waals surface area contributed by atoms with Crippen LogP contribution in [0.4, 0.5) is 22.7 Å². The molecule has 1 saturated heterocycles. The first-order valence-electron chi connectivity index (χ1n) is 8.54. The smallest absolute Gasteiger partial charge is 0.293 e. The van der Waals surface area contributed by atoms with Crippen LogP contribution in [-0.2, 0) is 4.74 Å². The van der Waals surface area contributed by atoms with Gasteiger partial charge in [0.2, 0.25) is 0 Å². The Bertz CT molecular complexity index is 940. The maximum atomic E-state index is 12.5. The van der Waals surface area contributed by atoms with Crippen molar-refractivity contribution in [3.63, 3.8) is 0 Å². The van der Waals surface area contributed by atoms with Gasteiger partial charge in [0.05, 0.1) is 23.1 Å². The number of nitro benzene ring substituents is 2. The molecular formula is C18H18N4O6. The zero-order chi connectivity index (χ0) is 20.3. The molecule has 0 unspecified atom stereocenters. The summed E-state index contributed by atoms with van der Waals surface area (Å²) in [7, 11) is 0. The molecule has 0 aromatic heterocycles. The third-order valence-electron chi connectivity index (χ3n) is 4.38. The molecule has 1 aliphatic rings. The maximum absolute atomic E-state index is 12.5. The highest BCUT2D eigenvalue weighted by Crippen LogP contribution is 2.31. The molecule has 0 spiro atoms. The molecule has 28 heavy (non-hydrogen) atoms. The number of benzene rings is 2. The minimum Gasteiger partial charge on any atom is -0.378 e. The number of aryl methyl sites for hydroxylation is 1. The Balaban J connectivity index is 1.89. The van der Waals surface area contributed by atoms with Gasteiger partial charge in [-0.25, -0.2) is 0 Å². The van der Waals surface area contributed by atoms with Gasteiger partial charge >= 0.3 is 0 Å². The van der Waals surface area contributed by atoms with Crippen molar-refractivity contribution in [1.29, 1.82) is 0 Å². The van der Waals surface area contributed by atoms with E-state index in [-0.39, 0.29) is 22.6 Å². The second-order valence-corrected chi connectivity index (χ2v) is 6.29. The van der Waals surface area contributed by atoms with Gasteiger partial charge in [-0.05, 0) is 30.7 Å². The van der Waals surface area contributed by atoms with E-state index >= 15 is 0 Å². The van der Waals surface area contributed by atoms with Crippen LogP contribution in [0.1, 0.15) is 15.9 Å². The summed E-state index contributed by atoms with van der Waals surface area (Å²) in [5.41, 5.74) is 0.709. The molecule has 3 rings (SSSR count). The van der Waals surface area contributed by atoms with Crippen molar-refractivity contribution in [3.05, 3.63) is 67.8 Å². The number of carbonyl (C=O) groups is 1. The number of nitrogens with zero attached hydrogens (tertiary/aromatic N) is 3. The van der Waals surface area contributed by atoms with Gasteiger partial charge in [-0.3, -0.25) is 25.0 Å². The Labute approximate surface area is 160 Å². The molecule has 1 heterocycles. The van der Waals surface area contributed by atoms with Gasteiger partial charge in [0.15, 0.2) is 0 Å². The highest BCUT2D eigenvalue weighted by Gasteiger charge is 2.24. The molecule has 1 fully saturated rings. The van der Waals surface area contributed by atoms with Crippen molar-refractivity contribution in [3.8, 4) is 0 Å². The number of hydrogen-bond donors (Lipinski definition) is 1. The molecule has 0 atom stereocenters. The number of carbonyl (C=O) groups excluding carboxylic acids is 1. The Hall–Kier alpha value is -3.53. The predicted octanol–water partition coefficient (Wildman–Crippen LogP) is 2.90. The fourth-order valence-electron chi connectivity index (χ4n) is 2.98. The lowest BCUT2D eigenvalue weighted by atomic mass is 10.1. The number of amides is 1. The largest absolute Gasteiger partial charge is 0.378 e. The normalized spacial score (nSPS) is 13.8.